The molecule has 0 radical (unpaired) electrons. The van der Waals surface area contributed by atoms with Crippen LogP contribution in [0.4, 0.5) is 22.7 Å². The molecule has 5 aromatic rings. The third-order valence-corrected chi connectivity index (χ3v) is 17.3. The van der Waals surface area contributed by atoms with Crippen LogP contribution in [0.2, 0.25) is 0 Å². The first-order chi connectivity index (χ1) is 50.9. The van der Waals surface area contributed by atoms with Gasteiger partial charge in [-0.15, -0.1) is 0 Å². The van der Waals surface area contributed by atoms with E-state index in [1.54, 1.807) is 74.5 Å². The van der Waals surface area contributed by atoms with Gasteiger partial charge in [0.1, 0.15) is 59.3 Å². The van der Waals surface area contributed by atoms with Crippen molar-refractivity contribution in [3.05, 3.63) is 126 Å². The maximum Gasteiger partial charge on any atom is 0.305 e. The van der Waals surface area contributed by atoms with Gasteiger partial charge in [0.25, 0.3) is 16.0 Å². The van der Waals surface area contributed by atoms with Gasteiger partial charge >= 0.3 is 17.9 Å². The molecular formula is C71H91N15O21S. The zero-order chi connectivity index (χ0) is 80.1. The Hall–Kier alpha value is -12.0. The molecule has 5 rings (SSSR count). The molecule has 582 valence electrons. The summed E-state index contributed by atoms with van der Waals surface area (Å²) in [6.45, 7) is 6.18. The minimum atomic E-state index is -4.58. The number of nitrogens with one attached hydrogen (secondary N) is 11. The Morgan fingerprint density at radius 1 is 0.481 bits per heavy atom. The molecule has 0 aliphatic heterocycles. The van der Waals surface area contributed by atoms with Gasteiger partial charge in [-0.25, -0.2) is 0 Å². The Morgan fingerprint density at radius 2 is 0.972 bits per heavy atom. The molecule has 18 N–H and O–H groups in total. The minimum Gasteiger partial charge on any atom is -0.481 e. The number of anilines is 2. The van der Waals surface area contributed by atoms with Gasteiger partial charge in [0, 0.05) is 74.2 Å². The van der Waals surface area contributed by atoms with Gasteiger partial charge in [0.15, 0.2) is 0 Å². The molecule has 0 bridgehead atoms. The number of aliphatic hydroxyl groups excluding tert-OH is 1. The monoisotopic (exact) mass is 1520 g/mol. The van der Waals surface area contributed by atoms with E-state index in [4.69, 9.17) is 5.73 Å². The highest BCUT2D eigenvalue weighted by molar-refractivity contribution is 7.86. The second-order valence-corrected chi connectivity index (χ2v) is 27.4. The first-order valence-corrected chi connectivity index (χ1v) is 35.5. The smallest absolute Gasteiger partial charge is 0.305 e. The number of carboxylic acid groups (broad SMARTS) is 3. The Bertz CT molecular complexity index is 4200. The summed E-state index contributed by atoms with van der Waals surface area (Å²) in [4.78, 5) is 189. The number of aliphatic carboxylic acids is 3. The molecule has 0 aliphatic carbocycles. The van der Waals surface area contributed by atoms with Crippen LogP contribution in [0.3, 0.4) is 0 Å². The van der Waals surface area contributed by atoms with Crippen molar-refractivity contribution in [2.75, 3.05) is 44.0 Å². The van der Waals surface area contributed by atoms with Crippen molar-refractivity contribution < 1.29 is 101 Å². The summed E-state index contributed by atoms with van der Waals surface area (Å²) in [5.74, 6) is -17.9. The van der Waals surface area contributed by atoms with Crippen molar-refractivity contribution in [2.24, 2.45) is 27.8 Å². The molecule has 36 nitrogen and oxygen atoms in total. The summed E-state index contributed by atoms with van der Waals surface area (Å²) in [6, 6.07) is 14.8. The van der Waals surface area contributed by atoms with Crippen LogP contribution in [-0.2, 0) is 78.9 Å². The highest BCUT2D eigenvalue weighted by Crippen LogP contribution is 2.29. The number of aliphatic hydroxyl groups is 1. The van der Waals surface area contributed by atoms with E-state index >= 15 is 0 Å². The van der Waals surface area contributed by atoms with Crippen molar-refractivity contribution >= 4 is 127 Å². The summed E-state index contributed by atoms with van der Waals surface area (Å²) in [7, 11) is -0.811. The number of carboxylic acids is 3. The number of primary amides is 1. The molecule has 5 aromatic carbocycles. The fraction of sp³-hybridized carbons (Fsp3) is 0.408. The topological polar surface area (TPSA) is 561 Å². The van der Waals surface area contributed by atoms with E-state index in [1.165, 1.54) is 56.3 Å². The molecule has 0 saturated carbocycles. The number of nitrogens with two attached hydrogens (primary N) is 1. The third-order valence-electron chi connectivity index (χ3n) is 16.3. The summed E-state index contributed by atoms with van der Waals surface area (Å²) in [5.41, 5.74) is 8.41. The number of nitrogens with zero attached hydrogens (tertiary/aromatic N) is 3. The summed E-state index contributed by atoms with van der Waals surface area (Å²) in [6.07, 6.45) is -5.01. The van der Waals surface area contributed by atoms with Crippen LogP contribution in [0.5, 0.6) is 0 Å². The quantitative estimate of drug-likeness (QED) is 0.0146. The molecule has 0 aliphatic rings. The lowest BCUT2D eigenvalue weighted by atomic mass is 10.00. The predicted octanol–water partition coefficient (Wildman–Crippen LogP) is 0.810. The minimum absolute atomic E-state index is 0.0204. The Balaban J connectivity index is 1.24. The van der Waals surface area contributed by atoms with Gasteiger partial charge in [0.2, 0.25) is 59.1 Å². The van der Waals surface area contributed by atoms with E-state index in [1.807, 2.05) is 31.1 Å². The van der Waals surface area contributed by atoms with Crippen molar-refractivity contribution in [1.82, 2.24) is 53.2 Å². The largest absolute Gasteiger partial charge is 0.481 e. The molecular weight excluding hydrogens is 1430 g/mol. The molecule has 108 heavy (non-hydrogen) atoms. The SMILES string of the molecule is CC(C)C[C@H](NC(=O)C(CC(N)=O)NC(=O)[C@@H](NC(=O)[C@H](CCC(=O)O)NC(=O)[C@H](CO)NC(=O)c1ccc(N=Nc2ccc(N(C)C)cc2)cc1)C(C)C)C(=O)N[C@@H](CC(=O)O)C(=O)N[C@@H](C)C(=O)NC(CCC(=O)O)C(=O)N[C@@H](Cc1ccccc1)C(=O)NCCNc1cccc2c(S(=O)(=O)O)cccc12. The van der Waals surface area contributed by atoms with E-state index in [-0.39, 0.29) is 41.8 Å². The van der Waals surface area contributed by atoms with Crippen LogP contribution in [-0.4, -0.2) is 204 Å². The number of fused-ring (bicyclic) bond motifs is 1. The maximum absolute atomic E-state index is 14.2. The average Bonchev–Trinajstić information content (AvgIpc) is 0.785. The first-order valence-electron chi connectivity index (χ1n) is 34.1. The normalized spacial score (nSPS) is 13.8. The fourth-order valence-electron chi connectivity index (χ4n) is 10.7. The van der Waals surface area contributed by atoms with Gasteiger partial charge in [-0.3, -0.25) is 71.7 Å². The summed E-state index contributed by atoms with van der Waals surface area (Å²) >= 11 is 0. The zero-order valence-corrected chi connectivity index (χ0v) is 61.0. The van der Waals surface area contributed by atoms with Crippen LogP contribution >= 0.6 is 0 Å². The second kappa shape index (κ2) is 41.6. The molecule has 9 atom stereocenters. The number of carbonyl (C=O) groups excluding carboxylic acids is 11. The van der Waals surface area contributed by atoms with Crippen LogP contribution in [0, 0.1) is 11.8 Å². The van der Waals surface area contributed by atoms with Crippen molar-refractivity contribution in [2.45, 2.75) is 145 Å². The molecule has 11 amide bonds. The lowest BCUT2D eigenvalue weighted by Gasteiger charge is -2.29. The maximum atomic E-state index is 14.2. The standard InChI is InChI=1S/C71H91N15O21S/c1-38(2)33-51(78-69(102)53(35-57(72)88)81-71(104)61(39(3)4)83-66(99)50(28-30-59(91)92)77-70(103)55(37-87)82-63(96)42-19-21-43(22-20-42)84-85-44-23-25-45(26-24-44)86(6)7)68(101)80-54(36-60(93)94)67(100)75-40(5)62(95)76-49(27-29-58(89)90)65(98)79-52(34-41-13-9-8-10-14-41)64(97)74-32-31-73-48-17-11-16-47-46(48)15-12-18-56(47)108(105,106)107/h8-26,38-40,49-55,61,73,87H,27-37H2,1-7H3,(H2,72,88)(H,74,97)(H,75,100)(H,76,95)(H,77,103)(H,78,102)(H,79,98)(H,80,101)(H,81,104)(H,82,96)(H,83,99)(H,89,90)(H,91,92)(H,93,94)(H,105,106,107)/t40-,49?,50-,51-,52-,53?,54-,55-,61-/m0/s1. The number of azo groups is 1. The van der Waals surface area contributed by atoms with Gasteiger partial charge < -0.3 is 89.5 Å². The van der Waals surface area contributed by atoms with E-state index in [0.717, 1.165) is 12.6 Å². The van der Waals surface area contributed by atoms with E-state index < -0.39 is 204 Å². The Kier molecular flexibility index (Phi) is 33.4. The molecule has 0 aromatic heterocycles. The number of hydrogen-bond acceptors (Lipinski definition) is 21. The van der Waals surface area contributed by atoms with E-state index in [0.29, 0.717) is 28.0 Å². The predicted molar refractivity (Wildman–Crippen MR) is 390 cm³/mol. The highest BCUT2D eigenvalue weighted by atomic mass is 32.2. The molecule has 0 spiro atoms. The number of rotatable bonds is 43. The van der Waals surface area contributed by atoms with Crippen LogP contribution in [0.25, 0.3) is 10.8 Å². The molecule has 0 saturated heterocycles. The van der Waals surface area contributed by atoms with Crippen molar-refractivity contribution in [3.8, 4) is 0 Å². The van der Waals surface area contributed by atoms with Crippen LogP contribution in [0.15, 0.2) is 130 Å². The van der Waals surface area contributed by atoms with Crippen LogP contribution < -0.4 is 69.1 Å². The lowest BCUT2D eigenvalue weighted by molar-refractivity contribution is -0.142. The van der Waals surface area contributed by atoms with Crippen LogP contribution in [0.1, 0.15) is 95.5 Å². The van der Waals surface area contributed by atoms with E-state index in [9.17, 15) is 101 Å². The summed E-state index contributed by atoms with van der Waals surface area (Å²) < 4.78 is 33.9. The second-order valence-electron chi connectivity index (χ2n) is 26.0. The molecule has 2 unspecified atom stereocenters. The average molecular weight is 1520 g/mol. The number of amides is 11. The third kappa shape index (κ3) is 28.1. The zero-order valence-electron chi connectivity index (χ0n) is 60.2. The van der Waals surface area contributed by atoms with Crippen molar-refractivity contribution in [3.63, 3.8) is 0 Å². The Labute approximate surface area is 621 Å². The molecule has 37 heteroatoms. The molecule has 0 heterocycles. The summed E-state index contributed by atoms with van der Waals surface area (Å²) in [5, 5.41) is 75.2. The molecule has 0 fully saturated rings. The fourth-order valence-corrected chi connectivity index (χ4v) is 11.4. The number of hydrogen-bond donors (Lipinski definition) is 17. The number of carbonyl (C=O) groups is 14. The number of benzene rings is 5. The van der Waals surface area contributed by atoms with Gasteiger partial charge in [0.05, 0.1) is 30.8 Å². The first kappa shape index (κ1) is 86.6. The lowest BCUT2D eigenvalue weighted by Crippen LogP contribution is -2.61. The van der Waals surface area contributed by atoms with Gasteiger partial charge in [-0.05, 0) is 104 Å². The van der Waals surface area contributed by atoms with Gasteiger partial charge in [-0.2, -0.15) is 18.6 Å². The van der Waals surface area contributed by atoms with Crippen molar-refractivity contribution in [1.29, 1.82) is 0 Å². The van der Waals surface area contributed by atoms with E-state index in [2.05, 4.69) is 68.7 Å². The highest BCUT2D eigenvalue weighted by Gasteiger charge is 2.37. The Morgan fingerprint density at radius 3 is 1.52 bits per heavy atom. The van der Waals surface area contributed by atoms with Gasteiger partial charge in [-0.1, -0.05) is 82.3 Å².